The zero-order chi connectivity index (χ0) is 14.3. The maximum Gasteiger partial charge on any atom is 0.230 e. The van der Waals surface area contributed by atoms with Gasteiger partial charge in [-0.05, 0) is 24.7 Å². The first kappa shape index (κ1) is 14.0. The van der Waals surface area contributed by atoms with Crippen LogP contribution in [0.15, 0.2) is 4.42 Å². The molecule has 1 aromatic rings. The normalized spacial score (nSPS) is 34.6. The standard InChI is InChI=1S/C14H23N3O3/c1-8(2)14-16-15-13(20-14)7-17-5-9-3-11(18)12(19)4-10(9)6-17/h8-12,18-19H,3-7H2,1-2H3/t9-,10+,11-,12-/m0/s1. The maximum absolute atomic E-state index is 9.76. The average molecular weight is 281 g/mol. The second-order valence-corrected chi connectivity index (χ2v) is 6.51. The lowest BCUT2D eigenvalue weighted by atomic mass is 9.79. The monoisotopic (exact) mass is 281 g/mol. The van der Waals surface area contributed by atoms with Gasteiger partial charge in [0.1, 0.15) is 0 Å². The lowest BCUT2D eigenvalue weighted by molar-refractivity contribution is -0.0372. The van der Waals surface area contributed by atoms with E-state index >= 15 is 0 Å². The third-order valence-corrected chi connectivity index (χ3v) is 4.52. The predicted molar refractivity (Wildman–Crippen MR) is 71.9 cm³/mol. The molecule has 0 spiro atoms. The molecule has 0 bridgehead atoms. The van der Waals surface area contributed by atoms with Crippen LogP contribution in [0.5, 0.6) is 0 Å². The first-order valence-electron chi connectivity index (χ1n) is 7.43. The van der Waals surface area contributed by atoms with Gasteiger partial charge >= 0.3 is 0 Å². The Bertz CT molecular complexity index is 444. The minimum Gasteiger partial charge on any atom is -0.424 e. The Morgan fingerprint density at radius 3 is 2.25 bits per heavy atom. The molecule has 1 aromatic heterocycles. The Morgan fingerprint density at radius 2 is 1.75 bits per heavy atom. The summed E-state index contributed by atoms with van der Waals surface area (Å²) in [5, 5.41) is 27.7. The molecule has 2 aliphatic rings. The summed E-state index contributed by atoms with van der Waals surface area (Å²) in [6.45, 7) is 6.61. The molecule has 112 valence electrons. The minimum absolute atomic E-state index is 0.253. The molecule has 0 unspecified atom stereocenters. The molecule has 4 atom stereocenters. The van der Waals surface area contributed by atoms with Gasteiger partial charge in [0, 0.05) is 19.0 Å². The molecular weight excluding hydrogens is 258 g/mol. The number of aliphatic hydroxyl groups excluding tert-OH is 2. The second-order valence-electron chi connectivity index (χ2n) is 6.51. The second kappa shape index (κ2) is 5.42. The molecule has 2 N–H and O–H groups in total. The van der Waals surface area contributed by atoms with Crippen molar-refractivity contribution in [3.8, 4) is 0 Å². The number of aliphatic hydroxyl groups is 2. The first-order chi connectivity index (χ1) is 9.52. The van der Waals surface area contributed by atoms with Crippen molar-refractivity contribution in [3.63, 3.8) is 0 Å². The van der Waals surface area contributed by atoms with Crippen LogP contribution in [0.3, 0.4) is 0 Å². The molecule has 1 saturated carbocycles. The fourth-order valence-electron chi connectivity index (χ4n) is 3.39. The van der Waals surface area contributed by atoms with Gasteiger partial charge in [0.05, 0.1) is 18.8 Å². The quantitative estimate of drug-likeness (QED) is 0.851. The summed E-state index contributed by atoms with van der Waals surface area (Å²) in [6.07, 6.45) is 0.270. The van der Waals surface area contributed by atoms with E-state index in [1.54, 1.807) is 0 Å². The van der Waals surface area contributed by atoms with Gasteiger partial charge in [0.2, 0.25) is 11.8 Å². The highest BCUT2D eigenvalue weighted by Crippen LogP contribution is 2.36. The zero-order valence-electron chi connectivity index (χ0n) is 12.1. The Labute approximate surface area is 118 Å². The van der Waals surface area contributed by atoms with Gasteiger partial charge in [-0.2, -0.15) is 0 Å². The number of hydrogen-bond donors (Lipinski definition) is 2. The fraction of sp³-hybridized carbons (Fsp3) is 0.857. The topological polar surface area (TPSA) is 82.6 Å². The number of rotatable bonds is 3. The highest BCUT2D eigenvalue weighted by atomic mass is 16.4. The van der Waals surface area contributed by atoms with E-state index < -0.39 is 12.2 Å². The van der Waals surface area contributed by atoms with Crippen LogP contribution in [0, 0.1) is 11.8 Å². The van der Waals surface area contributed by atoms with Crippen molar-refractivity contribution in [2.24, 2.45) is 11.8 Å². The van der Waals surface area contributed by atoms with Crippen molar-refractivity contribution in [3.05, 3.63) is 11.8 Å². The zero-order valence-corrected chi connectivity index (χ0v) is 12.1. The van der Waals surface area contributed by atoms with Crippen LogP contribution in [-0.4, -0.2) is 50.6 Å². The molecule has 1 saturated heterocycles. The molecule has 0 aromatic carbocycles. The van der Waals surface area contributed by atoms with E-state index in [-0.39, 0.29) is 5.92 Å². The number of fused-ring (bicyclic) bond motifs is 1. The summed E-state index contributed by atoms with van der Waals surface area (Å²) < 4.78 is 5.64. The lowest BCUT2D eigenvalue weighted by Gasteiger charge is -2.32. The van der Waals surface area contributed by atoms with E-state index in [1.807, 2.05) is 13.8 Å². The maximum atomic E-state index is 9.76. The van der Waals surface area contributed by atoms with Gasteiger partial charge in [-0.3, -0.25) is 4.90 Å². The van der Waals surface area contributed by atoms with E-state index in [4.69, 9.17) is 4.42 Å². The van der Waals surface area contributed by atoms with Crippen LogP contribution in [0.25, 0.3) is 0 Å². The van der Waals surface area contributed by atoms with Gasteiger partial charge in [-0.25, -0.2) is 0 Å². The van der Waals surface area contributed by atoms with Crippen molar-refractivity contribution in [1.82, 2.24) is 15.1 Å². The molecule has 2 fully saturated rings. The van der Waals surface area contributed by atoms with Crippen LogP contribution in [0.1, 0.15) is 44.4 Å². The SMILES string of the molecule is CC(C)c1nnc(CN2C[C@H]3C[C@H](O)[C@@H](O)C[C@H]3C2)o1. The average Bonchev–Trinajstić information content (AvgIpc) is 2.97. The number of aromatic nitrogens is 2. The largest absolute Gasteiger partial charge is 0.424 e. The van der Waals surface area contributed by atoms with Gasteiger partial charge in [-0.15, -0.1) is 10.2 Å². The van der Waals surface area contributed by atoms with E-state index in [9.17, 15) is 10.2 Å². The third kappa shape index (κ3) is 2.73. The van der Waals surface area contributed by atoms with Crippen molar-refractivity contribution < 1.29 is 14.6 Å². The van der Waals surface area contributed by atoms with E-state index in [0.29, 0.717) is 43.0 Å². The predicted octanol–water partition coefficient (Wildman–Crippen LogP) is 0.757. The van der Waals surface area contributed by atoms with Crippen LogP contribution < -0.4 is 0 Å². The molecule has 6 heteroatoms. The smallest absolute Gasteiger partial charge is 0.230 e. The van der Waals surface area contributed by atoms with Gasteiger partial charge in [0.15, 0.2) is 0 Å². The van der Waals surface area contributed by atoms with E-state index in [2.05, 4.69) is 15.1 Å². The Morgan fingerprint density at radius 1 is 1.15 bits per heavy atom. The Balaban J connectivity index is 1.60. The van der Waals surface area contributed by atoms with Crippen molar-refractivity contribution in [2.75, 3.05) is 13.1 Å². The summed E-state index contributed by atoms with van der Waals surface area (Å²) in [6, 6.07) is 0. The van der Waals surface area contributed by atoms with Crippen LogP contribution in [-0.2, 0) is 6.54 Å². The molecule has 1 aliphatic heterocycles. The van der Waals surface area contributed by atoms with Gasteiger partial charge in [-0.1, -0.05) is 13.8 Å². The highest BCUT2D eigenvalue weighted by molar-refractivity contribution is 4.95. The number of nitrogens with zero attached hydrogens (tertiary/aromatic N) is 3. The highest BCUT2D eigenvalue weighted by Gasteiger charge is 2.41. The molecule has 6 nitrogen and oxygen atoms in total. The third-order valence-electron chi connectivity index (χ3n) is 4.52. The number of likely N-dealkylation sites (tertiary alicyclic amines) is 1. The van der Waals surface area contributed by atoms with Gasteiger partial charge < -0.3 is 14.6 Å². The van der Waals surface area contributed by atoms with E-state index in [1.165, 1.54) is 0 Å². The summed E-state index contributed by atoms with van der Waals surface area (Å²) in [7, 11) is 0. The minimum atomic E-state index is -0.563. The van der Waals surface area contributed by atoms with Crippen molar-refractivity contribution >= 4 is 0 Å². The summed E-state index contributed by atoms with van der Waals surface area (Å²) >= 11 is 0. The van der Waals surface area contributed by atoms with Crippen LogP contribution in [0.4, 0.5) is 0 Å². The molecule has 2 heterocycles. The molecule has 0 amide bonds. The van der Waals surface area contributed by atoms with Gasteiger partial charge in [0.25, 0.3) is 0 Å². The summed E-state index contributed by atoms with van der Waals surface area (Å²) in [4.78, 5) is 2.29. The summed E-state index contributed by atoms with van der Waals surface area (Å²) in [5.74, 6) is 2.54. The summed E-state index contributed by atoms with van der Waals surface area (Å²) in [5.41, 5.74) is 0. The Hall–Kier alpha value is -0.980. The Kier molecular flexibility index (Phi) is 3.79. The lowest BCUT2D eigenvalue weighted by Crippen LogP contribution is -2.38. The molecule has 20 heavy (non-hydrogen) atoms. The molecular formula is C14H23N3O3. The first-order valence-corrected chi connectivity index (χ1v) is 7.43. The van der Waals surface area contributed by atoms with Crippen LogP contribution >= 0.6 is 0 Å². The fourth-order valence-corrected chi connectivity index (χ4v) is 3.39. The van der Waals surface area contributed by atoms with Crippen molar-refractivity contribution in [1.29, 1.82) is 0 Å². The molecule has 1 aliphatic carbocycles. The van der Waals surface area contributed by atoms with Crippen molar-refractivity contribution in [2.45, 2.75) is 51.4 Å². The van der Waals surface area contributed by atoms with Crippen LogP contribution in [0.2, 0.25) is 0 Å². The molecule has 0 radical (unpaired) electrons. The molecule has 3 rings (SSSR count). The number of hydrogen-bond acceptors (Lipinski definition) is 6. The van der Waals surface area contributed by atoms with E-state index in [0.717, 1.165) is 13.1 Å².